The number of rotatable bonds is 6. The number of carbonyl (C=O) groups is 1. The lowest BCUT2D eigenvalue weighted by atomic mass is 10.0. The summed E-state index contributed by atoms with van der Waals surface area (Å²) in [4.78, 5) is 19.1. The number of halogens is 1. The summed E-state index contributed by atoms with van der Waals surface area (Å²) in [5.74, 6) is 0.267. The Labute approximate surface area is 155 Å². The van der Waals surface area contributed by atoms with Crippen LogP contribution in [-0.2, 0) is 4.79 Å². The van der Waals surface area contributed by atoms with Crippen molar-refractivity contribution in [3.63, 3.8) is 0 Å². The standard InChI is InChI=1S/C20H30FN3O2/c1-17-6-4-5-9-24(17)20(25)16-23-12-10-22(11-13-23)14-15-26-19-8-3-2-7-18(19)21/h2-3,7-8,17H,4-6,9-16H2,1H3. The molecule has 144 valence electrons. The highest BCUT2D eigenvalue weighted by Crippen LogP contribution is 2.17. The molecule has 1 unspecified atom stereocenters. The van der Waals surface area contributed by atoms with E-state index in [2.05, 4.69) is 21.6 Å². The number of carbonyl (C=O) groups excluding carboxylic acids is 1. The fourth-order valence-electron chi connectivity index (χ4n) is 3.77. The van der Waals surface area contributed by atoms with Crippen molar-refractivity contribution in [3.8, 4) is 5.75 Å². The van der Waals surface area contributed by atoms with E-state index in [0.29, 0.717) is 24.9 Å². The van der Waals surface area contributed by atoms with E-state index in [1.165, 1.54) is 12.5 Å². The molecule has 1 atom stereocenters. The third-order valence-electron chi connectivity index (χ3n) is 5.45. The number of hydrogen-bond donors (Lipinski definition) is 0. The Morgan fingerprint density at radius 1 is 1.12 bits per heavy atom. The highest BCUT2D eigenvalue weighted by Gasteiger charge is 2.26. The van der Waals surface area contributed by atoms with E-state index in [1.807, 2.05) is 0 Å². The van der Waals surface area contributed by atoms with Gasteiger partial charge in [0, 0.05) is 45.3 Å². The van der Waals surface area contributed by atoms with Crippen molar-refractivity contribution in [2.75, 3.05) is 52.4 Å². The molecule has 2 heterocycles. The Morgan fingerprint density at radius 3 is 2.58 bits per heavy atom. The van der Waals surface area contributed by atoms with Gasteiger partial charge in [0.05, 0.1) is 6.54 Å². The monoisotopic (exact) mass is 363 g/mol. The maximum atomic E-state index is 13.5. The molecule has 2 aliphatic heterocycles. The van der Waals surface area contributed by atoms with Gasteiger partial charge in [-0.1, -0.05) is 12.1 Å². The van der Waals surface area contributed by atoms with Gasteiger partial charge in [-0.2, -0.15) is 0 Å². The molecule has 1 aromatic rings. The molecule has 5 nitrogen and oxygen atoms in total. The van der Waals surface area contributed by atoms with Gasteiger partial charge in [0.1, 0.15) is 6.61 Å². The molecule has 1 aromatic carbocycles. The van der Waals surface area contributed by atoms with Crippen molar-refractivity contribution in [3.05, 3.63) is 30.1 Å². The molecule has 0 spiro atoms. The number of nitrogens with zero attached hydrogens (tertiary/aromatic N) is 3. The molecule has 1 amide bonds. The largest absolute Gasteiger partial charge is 0.489 e. The van der Waals surface area contributed by atoms with Gasteiger partial charge in [0.15, 0.2) is 11.6 Å². The molecule has 2 fully saturated rings. The summed E-state index contributed by atoms with van der Waals surface area (Å²) in [6.07, 6.45) is 3.49. The van der Waals surface area contributed by atoms with Crippen LogP contribution in [0, 0.1) is 5.82 Å². The van der Waals surface area contributed by atoms with Crippen molar-refractivity contribution < 1.29 is 13.9 Å². The average Bonchev–Trinajstić information content (AvgIpc) is 2.65. The molecular weight excluding hydrogens is 333 g/mol. The van der Waals surface area contributed by atoms with Gasteiger partial charge < -0.3 is 9.64 Å². The van der Waals surface area contributed by atoms with Crippen molar-refractivity contribution in [2.45, 2.75) is 32.2 Å². The molecular formula is C20H30FN3O2. The van der Waals surface area contributed by atoms with Crippen LogP contribution in [0.2, 0.25) is 0 Å². The van der Waals surface area contributed by atoms with Crippen LogP contribution in [0.25, 0.3) is 0 Å². The fourth-order valence-corrected chi connectivity index (χ4v) is 3.77. The van der Waals surface area contributed by atoms with E-state index in [4.69, 9.17) is 4.74 Å². The van der Waals surface area contributed by atoms with Crippen molar-refractivity contribution >= 4 is 5.91 Å². The first-order valence-electron chi connectivity index (χ1n) is 9.75. The summed E-state index contributed by atoms with van der Waals surface area (Å²) in [5, 5.41) is 0. The molecule has 2 saturated heterocycles. The smallest absolute Gasteiger partial charge is 0.236 e. The normalized spacial score (nSPS) is 22.4. The number of piperidine rings is 1. The molecule has 0 aromatic heterocycles. The van der Waals surface area contributed by atoms with Crippen molar-refractivity contribution in [1.29, 1.82) is 0 Å². The maximum Gasteiger partial charge on any atom is 0.236 e. The van der Waals surface area contributed by atoms with E-state index in [0.717, 1.165) is 52.1 Å². The molecule has 0 aliphatic carbocycles. The SMILES string of the molecule is CC1CCCCN1C(=O)CN1CCN(CCOc2ccccc2F)CC1. The number of benzene rings is 1. The van der Waals surface area contributed by atoms with E-state index in [-0.39, 0.29) is 11.7 Å². The topological polar surface area (TPSA) is 36.0 Å². The fraction of sp³-hybridized carbons (Fsp3) is 0.650. The molecule has 0 bridgehead atoms. The molecule has 2 aliphatic rings. The van der Waals surface area contributed by atoms with E-state index < -0.39 is 0 Å². The van der Waals surface area contributed by atoms with Crippen LogP contribution in [0.1, 0.15) is 26.2 Å². The number of para-hydroxylation sites is 1. The van der Waals surface area contributed by atoms with Gasteiger partial charge in [-0.15, -0.1) is 0 Å². The van der Waals surface area contributed by atoms with Gasteiger partial charge in [-0.05, 0) is 38.3 Å². The minimum absolute atomic E-state index is 0.272. The lowest BCUT2D eigenvalue weighted by Crippen LogP contribution is -2.52. The zero-order valence-electron chi connectivity index (χ0n) is 15.7. The third kappa shape index (κ3) is 5.17. The van der Waals surface area contributed by atoms with E-state index in [1.54, 1.807) is 18.2 Å². The summed E-state index contributed by atoms with van der Waals surface area (Å²) in [6, 6.07) is 6.88. The van der Waals surface area contributed by atoms with Gasteiger partial charge in [0.2, 0.25) is 5.91 Å². The Hall–Kier alpha value is -1.66. The second-order valence-electron chi connectivity index (χ2n) is 7.33. The van der Waals surface area contributed by atoms with Crippen LogP contribution in [0.3, 0.4) is 0 Å². The summed E-state index contributed by atoms with van der Waals surface area (Å²) < 4.78 is 19.1. The number of piperazine rings is 1. The summed E-state index contributed by atoms with van der Waals surface area (Å²) in [6.45, 7) is 8.49. The first kappa shape index (κ1) is 19.1. The summed E-state index contributed by atoms with van der Waals surface area (Å²) in [7, 11) is 0. The minimum atomic E-state index is -0.317. The van der Waals surface area contributed by atoms with Gasteiger partial charge in [-0.3, -0.25) is 14.6 Å². The molecule has 0 N–H and O–H groups in total. The highest BCUT2D eigenvalue weighted by molar-refractivity contribution is 5.78. The molecule has 0 radical (unpaired) electrons. The van der Waals surface area contributed by atoms with Gasteiger partial charge in [0.25, 0.3) is 0 Å². The van der Waals surface area contributed by atoms with Crippen molar-refractivity contribution in [1.82, 2.24) is 14.7 Å². The molecule has 26 heavy (non-hydrogen) atoms. The summed E-state index contributed by atoms with van der Waals surface area (Å²) >= 11 is 0. The van der Waals surface area contributed by atoms with Gasteiger partial charge in [-0.25, -0.2) is 4.39 Å². The number of likely N-dealkylation sites (tertiary alicyclic amines) is 1. The Kier molecular flexibility index (Phi) is 6.86. The number of amides is 1. The second-order valence-corrected chi connectivity index (χ2v) is 7.33. The Bertz CT molecular complexity index is 590. The predicted octanol–water partition coefficient (Wildman–Crippen LogP) is 2.22. The second kappa shape index (κ2) is 9.33. The number of hydrogen-bond acceptors (Lipinski definition) is 4. The van der Waals surface area contributed by atoms with Gasteiger partial charge >= 0.3 is 0 Å². The lowest BCUT2D eigenvalue weighted by molar-refractivity contribution is -0.136. The summed E-state index contributed by atoms with van der Waals surface area (Å²) in [5.41, 5.74) is 0. The minimum Gasteiger partial charge on any atom is -0.489 e. The maximum absolute atomic E-state index is 13.5. The lowest BCUT2D eigenvalue weighted by Gasteiger charge is -2.38. The van der Waals surface area contributed by atoms with Crippen LogP contribution in [0.4, 0.5) is 4.39 Å². The average molecular weight is 363 g/mol. The van der Waals surface area contributed by atoms with Crippen molar-refractivity contribution in [2.24, 2.45) is 0 Å². The Morgan fingerprint density at radius 2 is 1.85 bits per heavy atom. The Balaban J connectivity index is 1.35. The van der Waals surface area contributed by atoms with Crippen LogP contribution in [0.5, 0.6) is 5.75 Å². The molecule has 3 rings (SSSR count). The van der Waals surface area contributed by atoms with Crippen LogP contribution < -0.4 is 4.74 Å². The highest BCUT2D eigenvalue weighted by atomic mass is 19.1. The zero-order chi connectivity index (χ0) is 18.4. The molecule has 0 saturated carbocycles. The first-order valence-corrected chi connectivity index (χ1v) is 9.75. The van der Waals surface area contributed by atoms with Crippen LogP contribution in [-0.4, -0.2) is 79.1 Å². The quantitative estimate of drug-likeness (QED) is 0.777. The number of ether oxygens (including phenoxy) is 1. The first-order chi connectivity index (χ1) is 12.6. The van der Waals surface area contributed by atoms with E-state index >= 15 is 0 Å². The van der Waals surface area contributed by atoms with E-state index in [9.17, 15) is 9.18 Å². The molecule has 6 heteroatoms. The predicted molar refractivity (Wildman–Crippen MR) is 99.8 cm³/mol. The van der Waals surface area contributed by atoms with Crippen LogP contribution in [0.15, 0.2) is 24.3 Å². The zero-order valence-corrected chi connectivity index (χ0v) is 15.7. The van der Waals surface area contributed by atoms with Crippen LogP contribution >= 0.6 is 0 Å². The third-order valence-corrected chi connectivity index (χ3v) is 5.45.